The number of para-hydroxylation sites is 1. The molecule has 6 nitrogen and oxygen atoms in total. The summed E-state index contributed by atoms with van der Waals surface area (Å²) in [6, 6.07) is 90.1. The van der Waals surface area contributed by atoms with E-state index in [-0.39, 0.29) is 33.8 Å². The molecule has 7 heteroatoms. The number of hydrogen-bond acceptors (Lipinski definition) is 6. The third kappa shape index (κ3) is 9.50. The summed E-state index contributed by atoms with van der Waals surface area (Å²) >= 11 is 0. The normalized spacial score (nSPS) is 15.1. The van der Waals surface area contributed by atoms with E-state index in [0.717, 1.165) is 90.4 Å². The zero-order valence-corrected chi connectivity index (χ0v) is 59.1. The van der Waals surface area contributed by atoms with Crippen LogP contribution in [-0.4, -0.2) is 19.9 Å². The first-order chi connectivity index (χ1) is 47.4. The molecule has 0 fully saturated rings. The van der Waals surface area contributed by atoms with Gasteiger partial charge in [-0.25, -0.2) is 0 Å². The summed E-state index contributed by atoms with van der Waals surface area (Å²) in [5, 5.41) is 3.67. The lowest BCUT2D eigenvalue weighted by Gasteiger charge is -2.45. The highest BCUT2D eigenvalue weighted by atomic mass is 16.6. The van der Waals surface area contributed by atoms with Crippen molar-refractivity contribution >= 4 is 96.0 Å². The maximum absolute atomic E-state index is 6.53. The molecule has 486 valence electrons. The summed E-state index contributed by atoms with van der Waals surface area (Å²) in [6.45, 7) is 31.2. The van der Waals surface area contributed by atoms with Crippen LogP contribution in [0.3, 0.4) is 0 Å². The standard InChI is InChI=1S/C92H82BN3O3/c1-88(2,3)60-26-33-64(34-27-60)95-78-43-30-62(90(7,8)9)50-76(78)93-77-53-84-85(98-45-44-97-84)54-79(77)96(65-35-28-61(29-36-65)89(4,5)6)81-48-59(47-80(95)87(81)93)55-22-31-63(32-23-55)94(67-38-41-71-75(52-67)91(10,11)72-42-25-56-18-14-16-20-68(56)86(71)72)66-37-40-70-69-39-24-58(46-73(69)92(12,13)74(70)51-66)83-49-57-19-15-17-21-82(57)99-83/h14-43,46-54H,44-45H2,1-13H3. The van der Waals surface area contributed by atoms with Gasteiger partial charge in [-0.05, 0) is 219 Å². The van der Waals surface area contributed by atoms with Gasteiger partial charge in [-0.3, -0.25) is 0 Å². The Morgan fingerprint density at radius 3 is 1.54 bits per heavy atom. The predicted octanol–water partition coefficient (Wildman–Crippen LogP) is 22.7. The number of nitrogens with zero attached hydrogens (tertiary/aromatic N) is 3. The maximum atomic E-state index is 6.53. The van der Waals surface area contributed by atoms with E-state index in [1.807, 2.05) is 6.07 Å². The molecule has 0 saturated heterocycles. The molecule has 13 aromatic rings. The minimum absolute atomic E-state index is 0.0209. The van der Waals surface area contributed by atoms with E-state index in [4.69, 9.17) is 13.9 Å². The first-order valence-electron chi connectivity index (χ1n) is 35.4. The molecule has 18 rings (SSSR count). The van der Waals surface area contributed by atoms with E-state index in [1.54, 1.807) is 0 Å². The van der Waals surface area contributed by atoms with Crippen molar-refractivity contribution < 1.29 is 13.9 Å². The van der Waals surface area contributed by atoms with Crippen molar-refractivity contribution in [3.8, 4) is 56.2 Å². The zero-order valence-electron chi connectivity index (χ0n) is 59.1. The summed E-state index contributed by atoms with van der Waals surface area (Å²) in [4.78, 5) is 7.56. The van der Waals surface area contributed by atoms with Crippen LogP contribution in [0.5, 0.6) is 11.5 Å². The molecule has 0 saturated carbocycles. The van der Waals surface area contributed by atoms with Gasteiger partial charge in [0.2, 0.25) is 0 Å². The Bertz CT molecular complexity index is 5490. The number of furan rings is 1. The van der Waals surface area contributed by atoms with Crippen LogP contribution < -0.4 is 40.6 Å². The van der Waals surface area contributed by atoms with E-state index in [0.29, 0.717) is 13.2 Å². The Balaban J connectivity index is 0.830. The summed E-state index contributed by atoms with van der Waals surface area (Å²) in [5.74, 6) is 2.44. The van der Waals surface area contributed by atoms with Gasteiger partial charge in [-0.15, -0.1) is 0 Å². The average Bonchev–Trinajstić information content (AvgIpc) is 1.05. The summed E-state index contributed by atoms with van der Waals surface area (Å²) in [7, 11) is 0. The van der Waals surface area contributed by atoms with Crippen LogP contribution in [0.2, 0.25) is 0 Å². The highest BCUT2D eigenvalue weighted by Crippen LogP contribution is 2.56. The van der Waals surface area contributed by atoms with E-state index in [2.05, 4.69) is 335 Å². The average molecular weight is 1290 g/mol. The molecule has 0 N–H and O–H groups in total. The van der Waals surface area contributed by atoms with Crippen LogP contribution in [0.4, 0.5) is 51.2 Å². The van der Waals surface area contributed by atoms with Crippen molar-refractivity contribution in [2.75, 3.05) is 27.9 Å². The molecule has 0 spiro atoms. The number of hydrogen-bond donors (Lipinski definition) is 0. The summed E-state index contributed by atoms with van der Waals surface area (Å²) < 4.78 is 19.5. The molecule has 4 heterocycles. The van der Waals surface area contributed by atoms with Gasteiger partial charge in [0.1, 0.15) is 24.6 Å². The van der Waals surface area contributed by atoms with Crippen LogP contribution in [0, 0.1) is 0 Å². The molecule has 0 bridgehead atoms. The molecule has 0 amide bonds. The smallest absolute Gasteiger partial charge is 0.252 e. The Hall–Kier alpha value is -10.5. The second-order valence-electron chi connectivity index (χ2n) is 32.4. The molecule has 0 radical (unpaired) electrons. The van der Waals surface area contributed by atoms with E-state index in [9.17, 15) is 0 Å². The number of ether oxygens (including phenoxy) is 2. The first-order valence-corrected chi connectivity index (χ1v) is 35.4. The number of fused-ring (bicyclic) bond motifs is 14. The molecular formula is C92H82BN3O3. The summed E-state index contributed by atoms with van der Waals surface area (Å²) in [5.41, 5.74) is 31.6. The van der Waals surface area contributed by atoms with Crippen molar-refractivity contribution in [1.29, 1.82) is 0 Å². The lowest BCUT2D eigenvalue weighted by Crippen LogP contribution is -2.61. The fourth-order valence-electron chi connectivity index (χ4n) is 17.0. The Morgan fingerprint density at radius 2 is 0.899 bits per heavy atom. The lowest BCUT2D eigenvalue weighted by molar-refractivity contribution is 0.172. The fraction of sp³-hybridized carbons (Fsp3) is 0.217. The van der Waals surface area contributed by atoms with Gasteiger partial charge in [0.25, 0.3) is 6.71 Å². The van der Waals surface area contributed by atoms with Gasteiger partial charge in [-0.1, -0.05) is 217 Å². The minimum atomic E-state index is -0.312. The number of benzene rings is 12. The van der Waals surface area contributed by atoms with E-state index < -0.39 is 0 Å². The summed E-state index contributed by atoms with van der Waals surface area (Å²) in [6.07, 6.45) is 0. The monoisotopic (exact) mass is 1290 g/mol. The van der Waals surface area contributed by atoms with Crippen molar-refractivity contribution in [3.63, 3.8) is 0 Å². The highest BCUT2D eigenvalue weighted by Gasteiger charge is 2.46. The second-order valence-corrected chi connectivity index (χ2v) is 32.4. The van der Waals surface area contributed by atoms with Crippen LogP contribution in [0.15, 0.2) is 241 Å². The Labute approximate surface area is 583 Å². The molecule has 0 unspecified atom stereocenters. The van der Waals surface area contributed by atoms with Gasteiger partial charge >= 0.3 is 0 Å². The lowest BCUT2D eigenvalue weighted by atomic mass is 9.33. The van der Waals surface area contributed by atoms with Crippen molar-refractivity contribution in [3.05, 3.63) is 276 Å². The number of rotatable bonds is 7. The van der Waals surface area contributed by atoms with E-state index >= 15 is 0 Å². The Morgan fingerprint density at radius 1 is 0.384 bits per heavy atom. The molecule has 1 aromatic heterocycles. The van der Waals surface area contributed by atoms with Gasteiger partial charge in [0, 0.05) is 79.0 Å². The molecule has 5 aliphatic rings. The van der Waals surface area contributed by atoms with Crippen LogP contribution in [0.1, 0.15) is 129 Å². The maximum Gasteiger partial charge on any atom is 0.252 e. The van der Waals surface area contributed by atoms with Crippen molar-refractivity contribution in [2.45, 2.75) is 117 Å². The predicted molar refractivity (Wildman–Crippen MR) is 416 cm³/mol. The van der Waals surface area contributed by atoms with Crippen molar-refractivity contribution in [1.82, 2.24) is 0 Å². The third-order valence-electron chi connectivity index (χ3n) is 22.5. The molecular weight excluding hydrogens is 1210 g/mol. The van der Waals surface area contributed by atoms with E-state index in [1.165, 1.54) is 94.0 Å². The topological polar surface area (TPSA) is 41.3 Å². The van der Waals surface area contributed by atoms with Crippen LogP contribution in [-0.2, 0) is 27.1 Å². The molecule has 3 aliphatic heterocycles. The van der Waals surface area contributed by atoms with Gasteiger partial charge < -0.3 is 28.6 Å². The minimum Gasteiger partial charge on any atom is -0.486 e. The molecule has 12 aromatic carbocycles. The van der Waals surface area contributed by atoms with Crippen molar-refractivity contribution in [2.24, 2.45) is 0 Å². The van der Waals surface area contributed by atoms with Gasteiger partial charge in [-0.2, -0.15) is 0 Å². The second kappa shape index (κ2) is 21.5. The highest BCUT2D eigenvalue weighted by molar-refractivity contribution is 7.00. The molecule has 2 aliphatic carbocycles. The number of anilines is 9. The fourth-order valence-corrected chi connectivity index (χ4v) is 17.0. The Kier molecular flexibility index (Phi) is 13.2. The van der Waals surface area contributed by atoms with Crippen LogP contribution in [0.25, 0.3) is 66.4 Å². The van der Waals surface area contributed by atoms with Crippen LogP contribution >= 0.6 is 0 Å². The molecule has 0 atom stereocenters. The quantitative estimate of drug-likeness (QED) is 0.148. The first kappa shape index (κ1) is 60.9. The van der Waals surface area contributed by atoms with Gasteiger partial charge in [0.05, 0.1) is 0 Å². The SMILES string of the molecule is CC(C)(C)c1ccc(N2c3ccc(C(C)(C)C)cc3B3c4cc5c(cc4N(c4ccc(C(C)(C)C)cc4)c4cc(-c6ccc(N(c7ccc8c(c7)C(C)(C)c7cc(-c9cc%10ccccc%10o9)ccc7-8)c7ccc8c(c7)C(C)(C)c7ccc9ccccc9c7-8)cc6)cc2c43)OCCO5)cc1. The zero-order chi connectivity index (χ0) is 68.0. The van der Waals surface area contributed by atoms with Gasteiger partial charge in [0.15, 0.2) is 11.5 Å². The molecule has 99 heavy (non-hydrogen) atoms. The third-order valence-corrected chi connectivity index (χ3v) is 22.5. The largest absolute Gasteiger partial charge is 0.486 e.